The normalized spacial score (nSPS) is 11.1. The van der Waals surface area contributed by atoms with Gasteiger partial charge in [-0.3, -0.25) is 0 Å². The van der Waals surface area contributed by atoms with E-state index in [9.17, 15) is 7.67 Å². The third-order valence-electron chi connectivity index (χ3n) is 0.236. The average Bonchev–Trinajstić information content (AvgIpc) is 1.68. The third-order valence-corrected chi connectivity index (χ3v) is 10.7. The monoisotopic (exact) mass is 554 g/mol. The molecule has 0 aliphatic carbocycles. The van der Waals surface area contributed by atoms with Crippen molar-refractivity contribution in [2.75, 3.05) is 0 Å². The summed E-state index contributed by atoms with van der Waals surface area (Å²) in [6.45, 7) is 0. The molecule has 0 N–H and O–H groups in total. The zero-order valence-electron chi connectivity index (χ0n) is 3.20. The van der Waals surface area contributed by atoms with Crippen molar-refractivity contribution in [2.24, 2.45) is 0 Å². The van der Waals surface area contributed by atoms with E-state index in [2.05, 4.69) is 3.54 Å². The fourth-order valence-electron chi connectivity index (χ4n) is 0.0227. The zero-order chi connectivity index (χ0) is 5.91. The van der Waals surface area contributed by atoms with E-state index in [1.54, 1.807) is 0 Å². The van der Waals surface area contributed by atoms with Crippen molar-refractivity contribution in [1.82, 2.24) is 0 Å². The molecule has 0 aliphatic rings. The second-order valence-corrected chi connectivity index (χ2v) is 10.9. The van der Waals surface area contributed by atoms with Crippen molar-refractivity contribution in [2.45, 2.75) is 0 Å². The molecule has 0 amide bonds. The molecule has 0 unspecified atom stereocenters. The Labute approximate surface area is 75.9 Å². The molecule has 0 aromatic rings. The molecule has 0 aromatic carbocycles. The van der Waals surface area contributed by atoms with E-state index in [4.69, 9.17) is 0 Å². The first-order valence-electron chi connectivity index (χ1n) is 1.14. The van der Waals surface area contributed by atoms with Crippen LogP contribution in [0.5, 0.6) is 0 Å². The van der Waals surface area contributed by atoms with Crippen LogP contribution in [0.1, 0.15) is 0 Å². The molecular weight excluding hydrogens is 552 g/mol. The van der Waals surface area contributed by atoms with Gasteiger partial charge in [0.05, 0.1) is 0 Å². The van der Waals surface area contributed by atoms with E-state index >= 15 is 0 Å². The molecule has 0 heterocycles. The van der Waals surface area contributed by atoms with Crippen LogP contribution in [-0.4, -0.2) is 65.8 Å². The van der Waals surface area contributed by atoms with Gasteiger partial charge in [-0.15, -0.1) is 0 Å². The molecule has 0 spiro atoms. The topological polar surface area (TPSA) is 52.6 Å². The van der Waals surface area contributed by atoms with E-state index < -0.39 is 13.4 Å². The SMILES string of the molecule is O=[Se](=O)([O][Tl])[O][Tl]. The first kappa shape index (κ1) is 8.88. The second kappa shape index (κ2) is 3.82. The van der Waals surface area contributed by atoms with Gasteiger partial charge in [0.15, 0.2) is 0 Å². The predicted octanol–water partition coefficient (Wildman–Crippen LogP) is -1.52. The molecule has 0 saturated heterocycles. The van der Waals surface area contributed by atoms with Crippen molar-refractivity contribution < 1.29 is 11.2 Å². The van der Waals surface area contributed by atoms with Gasteiger partial charge in [-0.25, -0.2) is 0 Å². The first-order valence-corrected chi connectivity index (χ1v) is 7.60. The Balaban J connectivity index is 3.89. The number of hydrogen-bond donors (Lipinski definition) is 0. The van der Waals surface area contributed by atoms with Crippen LogP contribution < -0.4 is 0 Å². The van der Waals surface area contributed by atoms with Crippen LogP contribution in [0.25, 0.3) is 0 Å². The van der Waals surface area contributed by atoms with Crippen LogP contribution in [0.2, 0.25) is 0 Å². The fraction of sp³-hybridized carbons (Fsp3) is 0. The van der Waals surface area contributed by atoms with Gasteiger partial charge < -0.3 is 0 Å². The van der Waals surface area contributed by atoms with Crippen LogP contribution in [0.15, 0.2) is 0 Å². The molecular formula is O4SeTl2. The predicted molar refractivity (Wildman–Crippen MR) is 20.8 cm³/mol. The minimum atomic E-state index is -4.16. The summed E-state index contributed by atoms with van der Waals surface area (Å²) in [5.41, 5.74) is 0. The summed E-state index contributed by atoms with van der Waals surface area (Å²) in [5, 5.41) is 0. The molecule has 36 valence electrons. The van der Waals surface area contributed by atoms with E-state index in [0.29, 0.717) is 0 Å². The second-order valence-electron chi connectivity index (χ2n) is 0.601. The summed E-state index contributed by atoms with van der Waals surface area (Å²) in [6.07, 6.45) is 0. The molecule has 0 rings (SSSR count). The van der Waals surface area contributed by atoms with E-state index in [0.717, 1.165) is 0 Å². The molecule has 0 saturated carbocycles. The summed E-state index contributed by atoms with van der Waals surface area (Å²) < 4.78 is 28.4. The summed E-state index contributed by atoms with van der Waals surface area (Å²) in [7, 11) is 0. The van der Waals surface area contributed by atoms with Crippen molar-refractivity contribution in [3.8, 4) is 0 Å². The van der Waals surface area contributed by atoms with Gasteiger partial charge in [-0.05, 0) is 0 Å². The number of hydrogen-bond acceptors (Lipinski definition) is 4. The molecule has 0 fully saturated rings. The zero-order valence-corrected chi connectivity index (χ0v) is 13.9. The maximum atomic E-state index is 10.1. The van der Waals surface area contributed by atoms with Crippen molar-refractivity contribution >= 4 is 65.8 Å². The molecule has 0 radical (unpaired) electrons. The average molecular weight is 552 g/mol. The minimum absolute atomic E-state index is 0.0266. The molecule has 7 heavy (non-hydrogen) atoms. The van der Waals surface area contributed by atoms with Gasteiger partial charge in [-0.2, -0.15) is 0 Å². The van der Waals surface area contributed by atoms with Crippen LogP contribution in [-0.2, 0) is 11.2 Å². The third kappa shape index (κ3) is 4.39. The van der Waals surface area contributed by atoms with Crippen LogP contribution in [0.3, 0.4) is 0 Å². The molecule has 0 aliphatic heterocycles. The summed E-state index contributed by atoms with van der Waals surface area (Å²) in [5.74, 6) is 0. The van der Waals surface area contributed by atoms with Gasteiger partial charge in [0, 0.05) is 0 Å². The molecule has 0 aromatic heterocycles. The Kier molecular flexibility index (Phi) is 4.85. The Morgan fingerprint density at radius 1 is 1.14 bits per heavy atom. The Morgan fingerprint density at radius 2 is 1.43 bits per heavy atom. The van der Waals surface area contributed by atoms with Gasteiger partial charge in [-0.1, -0.05) is 0 Å². The van der Waals surface area contributed by atoms with Crippen LogP contribution >= 0.6 is 0 Å². The van der Waals surface area contributed by atoms with Crippen LogP contribution in [0.4, 0.5) is 0 Å². The van der Waals surface area contributed by atoms with Crippen molar-refractivity contribution in [1.29, 1.82) is 0 Å². The molecule has 4 nitrogen and oxygen atoms in total. The van der Waals surface area contributed by atoms with Gasteiger partial charge in [0.1, 0.15) is 0 Å². The van der Waals surface area contributed by atoms with E-state index in [-0.39, 0.29) is 52.4 Å². The molecule has 0 atom stereocenters. The molecule has 7 heteroatoms. The summed E-state index contributed by atoms with van der Waals surface area (Å²) in [6, 6.07) is 0. The summed E-state index contributed by atoms with van der Waals surface area (Å²) in [4.78, 5) is 0. The van der Waals surface area contributed by atoms with Gasteiger partial charge in [0.2, 0.25) is 0 Å². The Bertz CT molecular complexity index is 113. The van der Waals surface area contributed by atoms with Crippen molar-refractivity contribution in [3.63, 3.8) is 0 Å². The standard InChI is InChI=1S/H2O4Se.2Tl/c1-5(2,3)4;;/h(H2,1,2,3,4);;/q;2*+1/p-2. The Morgan fingerprint density at radius 3 is 1.43 bits per heavy atom. The quantitative estimate of drug-likeness (QED) is 0.392. The Hall–Kier alpha value is 1.88. The van der Waals surface area contributed by atoms with Crippen LogP contribution in [0, 0.1) is 0 Å². The van der Waals surface area contributed by atoms with Gasteiger partial charge in [0.25, 0.3) is 0 Å². The fourth-order valence-corrected chi connectivity index (χ4v) is 9.07. The van der Waals surface area contributed by atoms with Crippen molar-refractivity contribution in [3.05, 3.63) is 0 Å². The van der Waals surface area contributed by atoms with E-state index in [1.807, 2.05) is 0 Å². The molecule has 0 bridgehead atoms. The first-order chi connectivity index (χ1) is 3.12. The maximum absolute atomic E-state index is 10.1. The number of rotatable bonds is 2. The summed E-state index contributed by atoms with van der Waals surface area (Å²) >= 11 is -4.10. The van der Waals surface area contributed by atoms with Gasteiger partial charge >= 0.3 is 77.0 Å². The van der Waals surface area contributed by atoms with E-state index in [1.165, 1.54) is 0 Å².